The standard InChI is InChI=1S/C19H34O12/c1-19(2,3)5-4-10(21)28-7-9-16(13(24)14(25)17(27)29-9)31-18-15(26)12(23)11(22)8(6-20)30-18/h8-9,11-18,20,22-27H,4-7H2,1-3H3. The summed E-state index contributed by atoms with van der Waals surface area (Å²) in [5.74, 6) is -0.541. The van der Waals surface area contributed by atoms with Crippen molar-refractivity contribution in [1.82, 2.24) is 0 Å². The Balaban J connectivity index is 2.07. The molecule has 12 heteroatoms. The Morgan fingerprint density at radius 2 is 1.52 bits per heavy atom. The number of aliphatic hydroxyl groups is 7. The van der Waals surface area contributed by atoms with E-state index in [0.29, 0.717) is 6.42 Å². The Morgan fingerprint density at radius 3 is 2.10 bits per heavy atom. The first-order valence-electron chi connectivity index (χ1n) is 10.2. The second kappa shape index (κ2) is 10.8. The van der Waals surface area contributed by atoms with Gasteiger partial charge in [0.1, 0.15) is 55.4 Å². The van der Waals surface area contributed by atoms with E-state index in [2.05, 4.69) is 0 Å². The maximum atomic E-state index is 12.0. The number of hydrogen-bond donors (Lipinski definition) is 7. The van der Waals surface area contributed by atoms with Crippen LogP contribution in [0.15, 0.2) is 0 Å². The highest BCUT2D eigenvalue weighted by molar-refractivity contribution is 5.69. The van der Waals surface area contributed by atoms with Gasteiger partial charge in [-0.15, -0.1) is 0 Å². The largest absolute Gasteiger partial charge is 0.463 e. The molecule has 10 atom stereocenters. The summed E-state index contributed by atoms with van der Waals surface area (Å²) >= 11 is 0. The van der Waals surface area contributed by atoms with Crippen molar-refractivity contribution >= 4 is 5.97 Å². The van der Waals surface area contributed by atoms with Crippen LogP contribution >= 0.6 is 0 Å². The van der Waals surface area contributed by atoms with Crippen molar-refractivity contribution in [2.45, 2.75) is 95.0 Å². The topological polar surface area (TPSA) is 196 Å². The molecule has 2 fully saturated rings. The molecule has 182 valence electrons. The molecule has 7 N–H and O–H groups in total. The molecule has 2 aliphatic heterocycles. The fourth-order valence-electron chi connectivity index (χ4n) is 3.28. The van der Waals surface area contributed by atoms with Gasteiger partial charge in [0.2, 0.25) is 0 Å². The van der Waals surface area contributed by atoms with Crippen LogP contribution in [0, 0.1) is 5.41 Å². The maximum Gasteiger partial charge on any atom is 0.305 e. The second-order valence-corrected chi connectivity index (χ2v) is 9.09. The van der Waals surface area contributed by atoms with E-state index in [1.165, 1.54) is 0 Å². The Bertz CT molecular complexity index is 579. The normalized spacial score (nSPS) is 41.7. The lowest BCUT2D eigenvalue weighted by molar-refractivity contribution is -0.355. The van der Waals surface area contributed by atoms with E-state index >= 15 is 0 Å². The van der Waals surface area contributed by atoms with Gasteiger partial charge in [-0.25, -0.2) is 0 Å². The zero-order valence-corrected chi connectivity index (χ0v) is 17.8. The van der Waals surface area contributed by atoms with E-state index in [1.54, 1.807) is 0 Å². The number of aliphatic hydroxyl groups excluding tert-OH is 7. The lowest BCUT2D eigenvalue weighted by Gasteiger charge is -2.45. The van der Waals surface area contributed by atoms with Crippen LogP contribution < -0.4 is 0 Å². The van der Waals surface area contributed by atoms with Crippen LogP contribution in [0.1, 0.15) is 33.6 Å². The van der Waals surface area contributed by atoms with Gasteiger partial charge >= 0.3 is 5.97 Å². The van der Waals surface area contributed by atoms with E-state index < -0.39 is 80.6 Å². The van der Waals surface area contributed by atoms with Gasteiger partial charge in [-0.2, -0.15) is 0 Å². The van der Waals surface area contributed by atoms with Crippen LogP contribution in [0.2, 0.25) is 0 Å². The Kier molecular flexibility index (Phi) is 9.16. The number of hydrogen-bond acceptors (Lipinski definition) is 12. The summed E-state index contributed by atoms with van der Waals surface area (Å²) in [6.07, 6.45) is -15.3. The lowest BCUT2D eigenvalue weighted by atomic mass is 9.91. The van der Waals surface area contributed by atoms with Crippen molar-refractivity contribution in [3.05, 3.63) is 0 Å². The average molecular weight is 454 g/mol. The molecule has 31 heavy (non-hydrogen) atoms. The maximum absolute atomic E-state index is 12.0. The molecular weight excluding hydrogens is 420 g/mol. The minimum absolute atomic E-state index is 0.0917. The monoisotopic (exact) mass is 454 g/mol. The van der Waals surface area contributed by atoms with Crippen molar-refractivity contribution in [1.29, 1.82) is 0 Å². The fourth-order valence-corrected chi connectivity index (χ4v) is 3.28. The number of carbonyl (C=O) groups excluding carboxylic acids is 1. The third-order valence-corrected chi connectivity index (χ3v) is 5.29. The van der Waals surface area contributed by atoms with Gasteiger partial charge in [-0.1, -0.05) is 20.8 Å². The van der Waals surface area contributed by atoms with E-state index in [-0.39, 0.29) is 11.8 Å². The SMILES string of the molecule is CC(C)(C)CCC(=O)OCC1OC(O)C(O)C(O)C1OC1OC(CO)C(O)C(O)C1O. The van der Waals surface area contributed by atoms with Gasteiger partial charge in [-0.3, -0.25) is 4.79 Å². The molecule has 0 spiro atoms. The highest BCUT2D eigenvalue weighted by atomic mass is 16.7. The Labute approximate surface area is 179 Å². The summed E-state index contributed by atoms with van der Waals surface area (Å²) in [7, 11) is 0. The molecule has 10 unspecified atom stereocenters. The summed E-state index contributed by atoms with van der Waals surface area (Å²) in [6, 6.07) is 0. The van der Waals surface area contributed by atoms with E-state index in [1.807, 2.05) is 20.8 Å². The molecule has 2 heterocycles. The predicted octanol–water partition coefficient (Wildman–Crippen LogP) is -3.02. The van der Waals surface area contributed by atoms with Crippen LogP contribution in [0.4, 0.5) is 0 Å². The summed E-state index contributed by atoms with van der Waals surface area (Å²) in [4.78, 5) is 12.0. The Hall–Kier alpha value is -0.930. The van der Waals surface area contributed by atoms with Crippen LogP contribution in [0.3, 0.4) is 0 Å². The minimum Gasteiger partial charge on any atom is -0.463 e. The lowest BCUT2D eigenvalue weighted by Crippen LogP contribution is -2.64. The van der Waals surface area contributed by atoms with E-state index in [0.717, 1.165) is 0 Å². The smallest absolute Gasteiger partial charge is 0.305 e. The van der Waals surface area contributed by atoms with Gasteiger partial charge in [0.15, 0.2) is 12.6 Å². The quantitative estimate of drug-likeness (QED) is 0.193. The number of ether oxygens (including phenoxy) is 4. The Morgan fingerprint density at radius 1 is 0.871 bits per heavy atom. The van der Waals surface area contributed by atoms with Crippen molar-refractivity contribution in [3.63, 3.8) is 0 Å². The molecule has 0 aromatic heterocycles. The molecular formula is C19H34O12. The van der Waals surface area contributed by atoms with Crippen molar-refractivity contribution in [2.75, 3.05) is 13.2 Å². The highest BCUT2D eigenvalue weighted by Crippen LogP contribution is 2.29. The third kappa shape index (κ3) is 6.78. The predicted molar refractivity (Wildman–Crippen MR) is 101 cm³/mol. The van der Waals surface area contributed by atoms with Crippen molar-refractivity contribution in [3.8, 4) is 0 Å². The van der Waals surface area contributed by atoms with E-state index in [4.69, 9.17) is 18.9 Å². The van der Waals surface area contributed by atoms with Crippen LogP contribution in [0.5, 0.6) is 0 Å². The first kappa shape index (κ1) is 26.3. The van der Waals surface area contributed by atoms with Crippen LogP contribution in [0.25, 0.3) is 0 Å². The highest BCUT2D eigenvalue weighted by Gasteiger charge is 2.50. The van der Waals surface area contributed by atoms with Gasteiger partial charge in [0.25, 0.3) is 0 Å². The molecule has 2 aliphatic rings. The number of carbonyl (C=O) groups is 1. The molecule has 0 aromatic carbocycles. The number of esters is 1. The third-order valence-electron chi connectivity index (χ3n) is 5.29. The zero-order valence-electron chi connectivity index (χ0n) is 17.8. The summed E-state index contributed by atoms with van der Waals surface area (Å²) < 4.78 is 21.1. The molecule has 0 aliphatic carbocycles. The first-order chi connectivity index (χ1) is 14.4. The minimum atomic E-state index is -1.79. The summed E-state index contributed by atoms with van der Waals surface area (Å²) in [6.45, 7) is 4.76. The van der Waals surface area contributed by atoms with Crippen LogP contribution in [-0.2, 0) is 23.7 Å². The molecule has 0 radical (unpaired) electrons. The average Bonchev–Trinajstić information content (AvgIpc) is 2.70. The van der Waals surface area contributed by atoms with Gasteiger partial charge in [0, 0.05) is 6.42 Å². The summed E-state index contributed by atoms with van der Waals surface area (Å²) in [5.41, 5.74) is -0.0917. The molecule has 0 saturated carbocycles. The zero-order chi connectivity index (χ0) is 23.5. The van der Waals surface area contributed by atoms with Crippen molar-refractivity contribution in [2.24, 2.45) is 5.41 Å². The molecule has 0 aromatic rings. The molecule has 2 rings (SSSR count). The number of rotatable bonds is 7. The van der Waals surface area contributed by atoms with Gasteiger partial charge in [-0.05, 0) is 11.8 Å². The van der Waals surface area contributed by atoms with Gasteiger partial charge in [0.05, 0.1) is 6.61 Å². The second-order valence-electron chi connectivity index (χ2n) is 9.09. The fraction of sp³-hybridized carbons (Fsp3) is 0.947. The van der Waals surface area contributed by atoms with Crippen LogP contribution in [-0.4, -0.2) is 116 Å². The summed E-state index contributed by atoms with van der Waals surface area (Å²) in [5, 5.41) is 69.3. The van der Waals surface area contributed by atoms with E-state index in [9.17, 15) is 40.5 Å². The van der Waals surface area contributed by atoms with Crippen molar-refractivity contribution < 1.29 is 59.5 Å². The molecule has 2 saturated heterocycles. The molecule has 12 nitrogen and oxygen atoms in total. The van der Waals surface area contributed by atoms with Gasteiger partial charge < -0.3 is 54.7 Å². The molecule has 0 amide bonds. The first-order valence-corrected chi connectivity index (χ1v) is 10.2. The molecule has 0 bridgehead atoms.